The molecule has 2 N–H and O–H groups in total. The zero-order valence-electron chi connectivity index (χ0n) is 14.0. The molecule has 2 amide bonds. The van der Waals surface area contributed by atoms with Crippen LogP contribution in [0.2, 0.25) is 0 Å². The van der Waals surface area contributed by atoms with Crippen LogP contribution in [0.3, 0.4) is 0 Å². The Balaban J connectivity index is 1.16. The van der Waals surface area contributed by atoms with E-state index in [0.717, 1.165) is 23.7 Å². The lowest BCUT2D eigenvalue weighted by Crippen LogP contribution is -2.42. The zero-order valence-corrected chi connectivity index (χ0v) is 14.8. The molecule has 4 rings (SSSR count). The Kier molecular flexibility index (Phi) is 4.61. The molecule has 3 saturated carbocycles. The summed E-state index contributed by atoms with van der Waals surface area (Å²) in [6.45, 7) is 0.559. The van der Waals surface area contributed by atoms with Crippen molar-refractivity contribution in [1.82, 2.24) is 10.6 Å². The van der Waals surface area contributed by atoms with E-state index in [2.05, 4.69) is 10.6 Å². The van der Waals surface area contributed by atoms with Gasteiger partial charge in [-0.1, -0.05) is 6.42 Å². The lowest BCUT2D eigenvalue weighted by molar-refractivity contribution is -0.122. The van der Waals surface area contributed by atoms with Crippen molar-refractivity contribution in [3.8, 4) is 0 Å². The second-order valence-corrected chi connectivity index (χ2v) is 8.48. The highest BCUT2D eigenvalue weighted by molar-refractivity contribution is 7.08. The number of amides is 2. The molecule has 5 atom stereocenters. The van der Waals surface area contributed by atoms with Gasteiger partial charge in [0.1, 0.15) is 0 Å². The molecule has 0 saturated heterocycles. The molecule has 1 aromatic rings. The molecule has 130 valence electrons. The van der Waals surface area contributed by atoms with Crippen LogP contribution in [0.4, 0.5) is 0 Å². The summed E-state index contributed by atoms with van der Waals surface area (Å²) in [7, 11) is 0. The van der Waals surface area contributed by atoms with Crippen LogP contribution < -0.4 is 10.6 Å². The summed E-state index contributed by atoms with van der Waals surface area (Å²) in [5, 5.41) is 9.90. The summed E-state index contributed by atoms with van der Waals surface area (Å²) in [5.41, 5.74) is 0.706. The summed E-state index contributed by atoms with van der Waals surface area (Å²) in [6, 6.07) is 2.24. The van der Waals surface area contributed by atoms with Crippen LogP contribution in [-0.4, -0.2) is 24.4 Å². The summed E-state index contributed by atoms with van der Waals surface area (Å²) < 4.78 is 0. The van der Waals surface area contributed by atoms with E-state index in [1.54, 1.807) is 0 Å². The number of thiophene rings is 1. The first kappa shape index (κ1) is 16.1. The van der Waals surface area contributed by atoms with E-state index in [1.807, 2.05) is 16.8 Å². The van der Waals surface area contributed by atoms with Gasteiger partial charge in [-0.15, -0.1) is 0 Å². The Labute approximate surface area is 147 Å². The van der Waals surface area contributed by atoms with Gasteiger partial charge in [-0.25, -0.2) is 0 Å². The van der Waals surface area contributed by atoms with Gasteiger partial charge in [0.15, 0.2) is 0 Å². The largest absolute Gasteiger partial charge is 0.353 e. The summed E-state index contributed by atoms with van der Waals surface area (Å²) in [6.07, 6.45) is 7.96. The number of nitrogens with one attached hydrogen (secondary N) is 2. The van der Waals surface area contributed by atoms with E-state index in [0.29, 0.717) is 31.0 Å². The highest BCUT2D eigenvalue weighted by atomic mass is 32.1. The molecule has 5 heteroatoms. The first-order valence-corrected chi connectivity index (χ1v) is 10.3. The van der Waals surface area contributed by atoms with Gasteiger partial charge in [-0.3, -0.25) is 9.59 Å². The number of rotatable bonds is 6. The molecule has 3 aliphatic carbocycles. The smallest absolute Gasteiger partial charge is 0.252 e. The summed E-state index contributed by atoms with van der Waals surface area (Å²) in [5.74, 6) is 3.58. The Morgan fingerprint density at radius 2 is 2.04 bits per heavy atom. The second kappa shape index (κ2) is 6.87. The van der Waals surface area contributed by atoms with E-state index in [9.17, 15) is 9.59 Å². The van der Waals surface area contributed by atoms with Crippen LogP contribution in [0.15, 0.2) is 16.8 Å². The van der Waals surface area contributed by atoms with Gasteiger partial charge in [-0.05, 0) is 67.2 Å². The van der Waals surface area contributed by atoms with Crippen molar-refractivity contribution >= 4 is 23.2 Å². The fourth-order valence-corrected chi connectivity index (χ4v) is 6.10. The van der Waals surface area contributed by atoms with Crippen LogP contribution in [0.25, 0.3) is 0 Å². The van der Waals surface area contributed by atoms with Gasteiger partial charge in [0.25, 0.3) is 5.91 Å². The molecule has 0 aliphatic heterocycles. The third-order valence-corrected chi connectivity index (χ3v) is 7.11. The quantitative estimate of drug-likeness (QED) is 0.777. The van der Waals surface area contributed by atoms with Crippen molar-refractivity contribution in [2.45, 2.75) is 51.0 Å². The standard InChI is InChI=1S/C19H26N2O2S/c22-18(5-2-7-20-19(23)12-6-8-24-11-12)21-17-10-13-9-16(17)15-4-1-3-14(13)15/h6,8,11,13-17H,1-5,7,9-10H2,(H,20,23)(H,21,22). The van der Waals surface area contributed by atoms with E-state index in [-0.39, 0.29) is 11.8 Å². The predicted octanol–water partition coefficient (Wildman–Crippen LogP) is 3.20. The van der Waals surface area contributed by atoms with Gasteiger partial charge in [0.2, 0.25) is 5.91 Å². The SMILES string of the molecule is O=C(CCCNC(=O)c1ccsc1)NC1CC2CC1C1CCCC21. The number of fused-ring (bicyclic) bond motifs is 5. The van der Waals surface area contributed by atoms with Gasteiger partial charge >= 0.3 is 0 Å². The van der Waals surface area contributed by atoms with E-state index in [1.165, 1.54) is 43.4 Å². The highest BCUT2D eigenvalue weighted by Gasteiger charge is 2.53. The Morgan fingerprint density at radius 1 is 1.17 bits per heavy atom. The molecule has 1 heterocycles. The molecule has 1 aromatic heterocycles. The maximum Gasteiger partial charge on any atom is 0.252 e. The maximum absolute atomic E-state index is 12.2. The van der Waals surface area contributed by atoms with Crippen LogP contribution in [0.5, 0.6) is 0 Å². The minimum absolute atomic E-state index is 0.0444. The van der Waals surface area contributed by atoms with E-state index in [4.69, 9.17) is 0 Å². The summed E-state index contributed by atoms with van der Waals surface area (Å²) >= 11 is 1.52. The van der Waals surface area contributed by atoms with E-state index < -0.39 is 0 Å². The monoisotopic (exact) mass is 346 g/mol. The first-order valence-electron chi connectivity index (χ1n) is 9.32. The Bertz CT molecular complexity index is 601. The lowest BCUT2D eigenvalue weighted by atomic mass is 9.79. The topological polar surface area (TPSA) is 58.2 Å². The third-order valence-electron chi connectivity index (χ3n) is 6.42. The fourth-order valence-electron chi connectivity index (χ4n) is 5.46. The van der Waals surface area contributed by atoms with Crippen LogP contribution in [0.1, 0.15) is 55.3 Å². The third kappa shape index (κ3) is 3.10. The van der Waals surface area contributed by atoms with Crippen molar-refractivity contribution in [1.29, 1.82) is 0 Å². The predicted molar refractivity (Wildman–Crippen MR) is 94.9 cm³/mol. The molecular weight excluding hydrogens is 320 g/mol. The first-order chi connectivity index (χ1) is 11.7. The van der Waals surface area contributed by atoms with Gasteiger partial charge < -0.3 is 10.6 Å². The Hall–Kier alpha value is -1.36. The number of hydrogen-bond acceptors (Lipinski definition) is 3. The highest BCUT2D eigenvalue weighted by Crippen LogP contribution is 2.58. The van der Waals surface area contributed by atoms with Crippen molar-refractivity contribution in [2.75, 3.05) is 6.54 Å². The molecule has 4 nitrogen and oxygen atoms in total. The van der Waals surface area contributed by atoms with Crippen molar-refractivity contribution in [3.05, 3.63) is 22.4 Å². The summed E-state index contributed by atoms with van der Waals surface area (Å²) in [4.78, 5) is 24.0. The van der Waals surface area contributed by atoms with Gasteiger partial charge in [0, 0.05) is 30.0 Å². The number of hydrogen-bond donors (Lipinski definition) is 2. The average molecular weight is 346 g/mol. The molecule has 24 heavy (non-hydrogen) atoms. The number of carbonyl (C=O) groups excluding carboxylic acids is 2. The molecule has 3 fully saturated rings. The van der Waals surface area contributed by atoms with E-state index >= 15 is 0 Å². The van der Waals surface area contributed by atoms with Crippen molar-refractivity contribution in [3.63, 3.8) is 0 Å². The lowest BCUT2D eigenvalue weighted by Gasteiger charge is -2.32. The van der Waals surface area contributed by atoms with Gasteiger partial charge in [0.05, 0.1) is 0 Å². The minimum Gasteiger partial charge on any atom is -0.353 e. The Morgan fingerprint density at radius 3 is 2.88 bits per heavy atom. The molecule has 3 aliphatic rings. The van der Waals surface area contributed by atoms with Crippen LogP contribution in [0, 0.1) is 23.7 Å². The minimum atomic E-state index is -0.0444. The maximum atomic E-state index is 12.2. The average Bonchev–Trinajstić information content (AvgIpc) is 3.33. The molecule has 5 unspecified atom stereocenters. The van der Waals surface area contributed by atoms with Crippen molar-refractivity contribution in [2.24, 2.45) is 23.7 Å². The molecule has 0 spiro atoms. The van der Waals surface area contributed by atoms with Crippen molar-refractivity contribution < 1.29 is 9.59 Å². The molecule has 0 aromatic carbocycles. The van der Waals surface area contributed by atoms with Gasteiger partial charge in [-0.2, -0.15) is 11.3 Å². The normalized spacial score (nSPS) is 33.4. The second-order valence-electron chi connectivity index (χ2n) is 7.70. The molecule has 0 radical (unpaired) electrons. The number of carbonyl (C=O) groups is 2. The molecular formula is C19H26N2O2S. The molecule has 2 bridgehead atoms. The van der Waals surface area contributed by atoms with Crippen LogP contribution in [-0.2, 0) is 4.79 Å². The fraction of sp³-hybridized carbons (Fsp3) is 0.684. The van der Waals surface area contributed by atoms with Crippen LogP contribution >= 0.6 is 11.3 Å². The zero-order chi connectivity index (χ0) is 16.5.